The summed E-state index contributed by atoms with van der Waals surface area (Å²) in [7, 11) is -2.25. The number of hydrogen-bond acceptors (Lipinski definition) is 3. The van der Waals surface area contributed by atoms with E-state index in [1.807, 2.05) is 60.7 Å². The van der Waals surface area contributed by atoms with Gasteiger partial charge in [-0.3, -0.25) is 4.79 Å². The number of halogens is 2. The van der Waals surface area contributed by atoms with Crippen molar-refractivity contribution >= 4 is 37.3 Å². The molecule has 0 heterocycles. The van der Waals surface area contributed by atoms with Gasteiger partial charge < -0.3 is 9.16 Å². The van der Waals surface area contributed by atoms with Crippen LogP contribution in [0.4, 0.5) is 0 Å². The van der Waals surface area contributed by atoms with Crippen molar-refractivity contribution in [1.29, 1.82) is 0 Å². The van der Waals surface area contributed by atoms with Crippen LogP contribution >= 0.6 is 23.2 Å². The first-order chi connectivity index (χ1) is 13.8. The summed E-state index contributed by atoms with van der Waals surface area (Å²) in [5, 5.41) is -0.0434. The first kappa shape index (κ1) is 25.1. The fraction of sp³-hybridized carbons (Fsp3) is 0.458. The topological polar surface area (TPSA) is 35.5 Å². The van der Waals surface area contributed by atoms with Crippen LogP contribution < -0.4 is 0 Å². The maximum absolute atomic E-state index is 13.3. The summed E-state index contributed by atoms with van der Waals surface area (Å²) in [5.74, 6) is -0.408. The second-order valence-corrected chi connectivity index (χ2v) is 15.6. The maximum atomic E-state index is 13.3. The second kappa shape index (κ2) is 9.97. The molecule has 0 unspecified atom stereocenters. The maximum Gasteiger partial charge on any atom is 0.200 e. The molecule has 6 heteroatoms. The number of ketones is 1. The van der Waals surface area contributed by atoms with E-state index in [0.717, 1.165) is 11.1 Å². The Balaban J connectivity index is 2.46. The van der Waals surface area contributed by atoms with E-state index in [1.54, 1.807) is 0 Å². The molecule has 0 radical (unpaired) electrons. The Morgan fingerprint density at radius 3 is 1.90 bits per heavy atom. The van der Waals surface area contributed by atoms with Crippen LogP contribution in [0.25, 0.3) is 0 Å². The summed E-state index contributed by atoms with van der Waals surface area (Å²) in [6.45, 7) is 12.5. The molecule has 2 rings (SSSR count). The zero-order valence-corrected chi connectivity index (χ0v) is 21.1. The van der Waals surface area contributed by atoms with Crippen LogP contribution in [0.3, 0.4) is 0 Å². The van der Waals surface area contributed by atoms with Crippen LogP contribution in [0.15, 0.2) is 60.7 Å². The second-order valence-electron chi connectivity index (χ2n) is 9.18. The lowest BCUT2D eigenvalue weighted by atomic mass is 9.99. The lowest BCUT2D eigenvalue weighted by molar-refractivity contribution is -0.139. The number of ether oxygens (including phenoxy) is 1. The molecule has 0 aliphatic heterocycles. The van der Waals surface area contributed by atoms with Gasteiger partial charge in [-0.15, -0.1) is 0 Å². The Labute approximate surface area is 191 Å². The van der Waals surface area contributed by atoms with Gasteiger partial charge in [0.05, 0.1) is 6.61 Å². The number of rotatable bonds is 9. The van der Waals surface area contributed by atoms with Gasteiger partial charge in [-0.1, -0.05) is 105 Å². The van der Waals surface area contributed by atoms with Crippen molar-refractivity contribution in [3.05, 3.63) is 71.8 Å². The van der Waals surface area contributed by atoms with Gasteiger partial charge in [0.2, 0.25) is 0 Å². The molecule has 0 saturated carbocycles. The number of carbonyl (C=O) groups excluding carboxylic acids is 1. The van der Waals surface area contributed by atoms with Crippen molar-refractivity contribution in [2.75, 3.05) is 0 Å². The average Bonchev–Trinajstić information content (AvgIpc) is 2.67. The molecular formula is C24H32Cl2O3Si. The fourth-order valence-electron chi connectivity index (χ4n) is 2.75. The number of carbonyl (C=O) groups is 1. The molecule has 2 atom stereocenters. The Morgan fingerprint density at radius 2 is 1.43 bits per heavy atom. The SMILES string of the molecule is CC(Cl)(Cl)C(=O)[C@H](OCc1ccccc1)[C@H](O[Si](C)(C)C(C)(C)C)c1ccccc1. The van der Waals surface area contributed by atoms with Gasteiger partial charge in [0.1, 0.15) is 12.2 Å². The van der Waals surface area contributed by atoms with Gasteiger partial charge in [0.15, 0.2) is 18.4 Å². The molecule has 0 spiro atoms. The van der Waals surface area contributed by atoms with E-state index >= 15 is 0 Å². The standard InChI is InChI=1S/C24H32Cl2O3Si/c1-23(2,3)30(5,6)29-20(19-15-11-8-12-16-19)21(22(27)24(4,25)26)28-17-18-13-9-7-10-14-18/h7-16,20-21H,17H2,1-6H3/t20-,21-/m1/s1. The van der Waals surface area contributed by atoms with Crippen molar-refractivity contribution in [2.24, 2.45) is 0 Å². The normalized spacial score (nSPS) is 14.9. The van der Waals surface area contributed by atoms with E-state index in [9.17, 15) is 4.79 Å². The van der Waals surface area contributed by atoms with Crippen molar-refractivity contribution in [2.45, 2.75) is 69.0 Å². The summed E-state index contributed by atoms with van der Waals surface area (Å²) < 4.78 is 11.3. The highest BCUT2D eigenvalue weighted by molar-refractivity contribution is 6.74. The Hall–Kier alpha value is -1.17. The van der Waals surface area contributed by atoms with Crippen LogP contribution in [0, 0.1) is 0 Å². The Bertz CT molecular complexity index is 812. The molecule has 164 valence electrons. The predicted octanol–water partition coefficient (Wildman–Crippen LogP) is 7.10. The summed E-state index contributed by atoms with van der Waals surface area (Å²) >= 11 is 12.5. The van der Waals surface area contributed by atoms with E-state index < -0.39 is 30.6 Å². The Kier molecular flexibility index (Phi) is 8.34. The van der Waals surface area contributed by atoms with E-state index in [4.69, 9.17) is 32.4 Å². The number of benzene rings is 2. The van der Waals surface area contributed by atoms with Gasteiger partial charge >= 0.3 is 0 Å². The van der Waals surface area contributed by atoms with Crippen molar-refractivity contribution < 1.29 is 14.0 Å². The summed E-state index contributed by atoms with van der Waals surface area (Å²) in [6, 6.07) is 19.4. The first-order valence-corrected chi connectivity index (χ1v) is 13.8. The van der Waals surface area contributed by atoms with Gasteiger partial charge in [-0.25, -0.2) is 0 Å². The van der Waals surface area contributed by atoms with E-state index in [1.165, 1.54) is 6.92 Å². The molecule has 0 fully saturated rings. The molecule has 0 bridgehead atoms. The van der Waals surface area contributed by atoms with Crippen LogP contribution in [-0.2, 0) is 20.6 Å². The highest BCUT2D eigenvalue weighted by Gasteiger charge is 2.46. The monoisotopic (exact) mass is 466 g/mol. The number of Topliss-reactive ketones (excluding diaryl/α,β-unsaturated/α-hetero) is 1. The van der Waals surface area contributed by atoms with Gasteiger partial charge in [-0.05, 0) is 36.2 Å². The fourth-order valence-corrected chi connectivity index (χ4v) is 4.22. The summed E-state index contributed by atoms with van der Waals surface area (Å²) in [4.78, 5) is 13.3. The van der Waals surface area contributed by atoms with Crippen molar-refractivity contribution in [1.82, 2.24) is 0 Å². The molecule has 0 aromatic heterocycles. The summed E-state index contributed by atoms with van der Waals surface area (Å²) in [5.41, 5.74) is 1.83. The highest BCUT2D eigenvalue weighted by atomic mass is 35.5. The largest absolute Gasteiger partial charge is 0.407 e. The van der Waals surface area contributed by atoms with Crippen LogP contribution in [0.1, 0.15) is 44.9 Å². The van der Waals surface area contributed by atoms with Gasteiger partial charge in [0, 0.05) is 0 Å². The molecule has 3 nitrogen and oxygen atoms in total. The average molecular weight is 468 g/mol. The van der Waals surface area contributed by atoms with Gasteiger partial charge in [0.25, 0.3) is 0 Å². The van der Waals surface area contributed by atoms with E-state index in [0.29, 0.717) is 0 Å². The smallest absolute Gasteiger partial charge is 0.200 e. The molecule has 2 aromatic carbocycles. The third-order valence-electron chi connectivity index (χ3n) is 5.59. The van der Waals surface area contributed by atoms with Crippen molar-refractivity contribution in [3.63, 3.8) is 0 Å². The zero-order valence-electron chi connectivity index (χ0n) is 18.6. The minimum absolute atomic E-state index is 0.0434. The molecular weight excluding hydrogens is 435 g/mol. The Morgan fingerprint density at radius 1 is 0.933 bits per heavy atom. The van der Waals surface area contributed by atoms with Gasteiger partial charge in [-0.2, -0.15) is 0 Å². The van der Waals surface area contributed by atoms with E-state index in [2.05, 4.69) is 33.9 Å². The molecule has 30 heavy (non-hydrogen) atoms. The molecule has 2 aromatic rings. The molecule has 0 N–H and O–H groups in total. The number of alkyl halides is 2. The molecule has 0 amide bonds. The minimum Gasteiger partial charge on any atom is -0.407 e. The quantitative estimate of drug-likeness (QED) is 0.292. The molecule has 0 aliphatic rings. The minimum atomic E-state index is -2.25. The molecule has 0 saturated heterocycles. The highest BCUT2D eigenvalue weighted by Crippen LogP contribution is 2.42. The first-order valence-electron chi connectivity index (χ1n) is 10.1. The third kappa shape index (κ3) is 6.66. The summed E-state index contributed by atoms with van der Waals surface area (Å²) in [6.07, 6.45) is -1.55. The third-order valence-corrected chi connectivity index (χ3v) is 10.4. The lowest BCUT2D eigenvalue weighted by Crippen LogP contribution is -2.48. The van der Waals surface area contributed by atoms with Crippen molar-refractivity contribution in [3.8, 4) is 0 Å². The van der Waals surface area contributed by atoms with Crippen LogP contribution in [0.2, 0.25) is 18.1 Å². The number of hydrogen-bond donors (Lipinski definition) is 0. The lowest BCUT2D eigenvalue weighted by Gasteiger charge is -2.41. The van der Waals surface area contributed by atoms with Crippen LogP contribution in [-0.4, -0.2) is 24.5 Å². The predicted molar refractivity (Wildman–Crippen MR) is 128 cm³/mol. The van der Waals surface area contributed by atoms with E-state index in [-0.39, 0.29) is 11.6 Å². The zero-order chi connectivity index (χ0) is 22.6. The van der Waals surface area contributed by atoms with Crippen LogP contribution in [0.5, 0.6) is 0 Å². The molecule has 0 aliphatic carbocycles.